The normalized spacial score (nSPS) is 14.0. The molecule has 0 saturated heterocycles. The fourth-order valence-corrected chi connectivity index (χ4v) is 3.99. The first kappa shape index (κ1) is 19.9. The van der Waals surface area contributed by atoms with Crippen LogP contribution in [0.25, 0.3) is 0 Å². The third-order valence-corrected chi connectivity index (χ3v) is 5.62. The number of carbonyl (C=O) groups is 2. The molecule has 1 atom stereocenters. The van der Waals surface area contributed by atoms with Gasteiger partial charge in [0.05, 0.1) is 6.04 Å². The average molecular weight is 399 g/mol. The maximum absolute atomic E-state index is 13.1. The number of benzene rings is 3. The summed E-state index contributed by atoms with van der Waals surface area (Å²) in [5.41, 5.74) is 5.40. The molecule has 1 aliphatic rings. The Hall–Kier alpha value is -3.40. The molecule has 0 bridgehead atoms. The van der Waals surface area contributed by atoms with Crippen molar-refractivity contribution in [1.29, 1.82) is 0 Å². The molecule has 0 spiro atoms. The molecular formula is C26H26N2O2. The van der Waals surface area contributed by atoms with E-state index < -0.39 is 0 Å². The molecule has 1 unspecified atom stereocenters. The second kappa shape index (κ2) is 8.54. The predicted octanol–water partition coefficient (Wildman–Crippen LogP) is 5.08. The minimum absolute atomic E-state index is 0.00884. The predicted molar refractivity (Wildman–Crippen MR) is 120 cm³/mol. The van der Waals surface area contributed by atoms with Crippen LogP contribution in [0.15, 0.2) is 72.8 Å². The lowest BCUT2D eigenvalue weighted by Gasteiger charge is -2.30. The largest absolute Gasteiger partial charge is 0.346 e. The lowest BCUT2D eigenvalue weighted by molar-refractivity contribution is 0.0939. The Bertz CT molecular complexity index is 1080. The second-order valence-electron chi connectivity index (χ2n) is 7.88. The van der Waals surface area contributed by atoms with Crippen LogP contribution in [-0.2, 0) is 6.42 Å². The Morgan fingerprint density at radius 3 is 2.50 bits per heavy atom. The quantitative estimate of drug-likeness (QED) is 0.666. The summed E-state index contributed by atoms with van der Waals surface area (Å²) in [5.74, 6) is -0.0918. The van der Waals surface area contributed by atoms with Gasteiger partial charge in [-0.1, -0.05) is 48.0 Å². The van der Waals surface area contributed by atoms with E-state index in [2.05, 4.69) is 5.32 Å². The Balaban J connectivity index is 1.54. The fourth-order valence-electron chi connectivity index (χ4n) is 3.99. The number of aryl methyl sites for hydroxylation is 2. The van der Waals surface area contributed by atoms with Gasteiger partial charge in [-0.2, -0.15) is 0 Å². The highest BCUT2D eigenvalue weighted by atomic mass is 16.2. The lowest BCUT2D eigenvalue weighted by Crippen LogP contribution is -2.35. The highest BCUT2D eigenvalue weighted by Gasteiger charge is 2.24. The molecular weight excluding hydrogens is 372 g/mol. The van der Waals surface area contributed by atoms with E-state index in [1.165, 1.54) is 0 Å². The Kier molecular flexibility index (Phi) is 5.66. The van der Waals surface area contributed by atoms with Gasteiger partial charge in [0.1, 0.15) is 0 Å². The zero-order valence-electron chi connectivity index (χ0n) is 17.4. The van der Waals surface area contributed by atoms with E-state index in [1.54, 1.807) is 0 Å². The summed E-state index contributed by atoms with van der Waals surface area (Å²) in [6, 6.07) is 23.2. The maximum atomic E-state index is 13.1. The molecule has 2 amide bonds. The van der Waals surface area contributed by atoms with Gasteiger partial charge in [0, 0.05) is 23.4 Å². The van der Waals surface area contributed by atoms with Crippen LogP contribution in [0.1, 0.15) is 56.8 Å². The minimum Gasteiger partial charge on any atom is -0.346 e. The van der Waals surface area contributed by atoms with Crippen LogP contribution in [0, 0.1) is 6.92 Å². The maximum Gasteiger partial charge on any atom is 0.258 e. The number of fused-ring (bicyclic) bond motifs is 1. The van der Waals surface area contributed by atoms with Gasteiger partial charge in [-0.25, -0.2) is 0 Å². The van der Waals surface area contributed by atoms with Crippen LogP contribution in [0.4, 0.5) is 5.69 Å². The summed E-state index contributed by atoms with van der Waals surface area (Å²) in [7, 11) is 0. The lowest BCUT2D eigenvalue weighted by atomic mass is 9.97. The third-order valence-electron chi connectivity index (χ3n) is 5.62. The number of anilines is 1. The van der Waals surface area contributed by atoms with Crippen molar-refractivity contribution in [2.24, 2.45) is 0 Å². The van der Waals surface area contributed by atoms with Gasteiger partial charge in [-0.05, 0) is 68.1 Å². The van der Waals surface area contributed by atoms with Gasteiger partial charge in [0.2, 0.25) is 0 Å². The van der Waals surface area contributed by atoms with Crippen LogP contribution in [0.5, 0.6) is 0 Å². The number of hydrogen-bond donors (Lipinski definition) is 1. The van der Waals surface area contributed by atoms with Crippen molar-refractivity contribution in [3.05, 3.63) is 101 Å². The molecule has 0 radical (unpaired) electrons. The Labute approximate surface area is 177 Å². The molecule has 0 fully saturated rings. The molecule has 0 aromatic heterocycles. The summed E-state index contributed by atoms with van der Waals surface area (Å²) in [4.78, 5) is 27.7. The van der Waals surface area contributed by atoms with Gasteiger partial charge < -0.3 is 10.2 Å². The first-order valence-electron chi connectivity index (χ1n) is 10.4. The molecule has 3 aromatic carbocycles. The van der Waals surface area contributed by atoms with Crippen LogP contribution in [-0.4, -0.2) is 18.4 Å². The molecule has 3 aromatic rings. The number of hydrogen-bond acceptors (Lipinski definition) is 2. The zero-order chi connectivity index (χ0) is 21.1. The van der Waals surface area contributed by atoms with Crippen molar-refractivity contribution >= 4 is 17.5 Å². The molecule has 1 aliphatic heterocycles. The van der Waals surface area contributed by atoms with Gasteiger partial charge in [-0.3, -0.25) is 9.59 Å². The Morgan fingerprint density at radius 1 is 0.933 bits per heavy atom. The van der Waals surface area contributed by atoms with E-state index >= 15 is 0 Å². The number of rotatable bonds is 4. The molecule has 152 valence electrons. The van der Waals surface area contributed by atoms with Gasteiger partial charge in [0.25, 0.3) is 11.8 Å². The van der Waals surface area contributed by atoms with E-state index in [1.807, 2.05) is 91.5 Å². The zero-order valence-corrected chi connectivity index (χ0v) is 17.4. The smallest absolute Gasteiger partial charge is 0.258 e. The second-order valence-corrected chi connectivity index (χ2v) is 7.88. The first-order valence-corrected chi connectivity index (χ1v) is 10.4. The van der Waals surface area contributed by atoms with Crippen LogP contribution >= 0.6 is 0 Å². The molecule has 4 rings (SSSR count). The molecule has 4 nitrogen and oxygen atoms in total. The van der Waals surface area contributed by atoms with Crippen molar-refractivity contribution in [2.75, 3.05) is 11.4 Å². The van der Waals surface area contributed by atoms with Crippen LogP contribution in [0.3, 0.4) is 0 Å². The third kappa shape index (κ3) is 4.13. The van der Waals surface area contributed by atoms with Crippen molar-refractivity contribution in [3.8, 4) is 0 Å². The first-order chi connectivity index (χ1) is 14.5. The average Bonchev–Trinajstić information content (AvgIpc) is 2.78. The van der Waals surface area contributed by atoms with Crippen molar-refractivity contribution in [3.63, 3.8) is 0 Å². The van der Waals surface area contributed by atoms with E-state index in [-0.39, 0.29) is 17.9 Å². The van der Waals surface area contributed by atoms with Crippen LogP contribution < -0.4 is 10.2 Å². The van der Waals surface area contributed by atoms with E-state index in [0.717, 1.165) is 35.2 Å². The summed E-state index contributed by atoms with van der Waals surface area (Å²) in [5, 5.41) is 3.07. The van der Waals surface area contributed by atoms with E-state index in [4.69, 9.17) is 0 Å². The van der Waals surface area contributed by atoms with Crippen LogP contribution in [0.2, 0.25) is 0 Å². The molecule has 1 heterocycles. The summed E-state index contributed by atoms with van der Waals surface area (Å²) in [6.07, 6.45) is 1.75. The standard InChI is InChI=1S/C26H26N2O2/c1-18-8-6-11-23(16-18)26(30)28-15-7-12-21-17-22(13-14-24(21)28)25(29)27-19(2)20-9-4-3-5-10-20/h3-6,8-11,13-14,16-17,19H,7,12,15H2,1-2H3,(H,27,29). The molecule has 0 saturated carbocycles. The number of carbonyl (C=O) groups excluding carboxylic acids is 2. The molecule has 1 N–H and O–H groups in total. The van der Waals surface area contributed by atoms with Crippen molar-refractivity contribution in [1.82, 2.24) is 5.32 Å². The molecule has 30 heavy (non-hydrogen) atoms. The topological polar surface area (TPSA) is 49.4 Å². The SMILES string of the molecule is Cc1cccc(C(=O)N2CCCc3cc(C(=O)NC(C)c4ccccc4)ccc32)c1. The number of amides is 2. The van der Waals surface area contributed by atoms with E-state index in [0.29, 0.717) is 17.7 Å². The van der Waals surface area contributed by atoms with Gasteiger partial charge >= 0.3 is 0 Å². The highest BCUT2D eigenvalue weighted by molar-refractivity contribution is 6.07. The number of nitrogens with zero attached hydrogens (tertiary/aromatic N) is 1. The molecule has 0 aliphatic carbocycles. The monoisotopic (exact) mass is 398 g/mol. The van der Waals surface area contributed by atoms with Crippen molar-refractivity contribution in [2.45, 2.75) is 32.7 Å². The Morgan fingerprint density at radius 2 is 1.73 bits per heavy atom. The minimum atomic E-state index is -0.101. The fraction of sp³-hybridized carbons (Fsp3) is 0.231. The number of nitrogens with one attached hydrogen (secondary N) is 1. The summed E-state index contributed by atoms with van der Waals surface area (Å²) in [6.45, 7) is 4.66. The van der Waals surface area contributed by atoms with Gasteiger partial charge in [0.15, 0.2) is 0 Å². The van der Waals surface area contributed by atoms with E-state index in [9.17, 15) is 9.59 Å². The van der Waals surface area contributed by atoms with Crippen molar-refractivity contribution < 1.29 is 9.59 Å². The summed E-state index contributed by atoms with van der Waals surface area (Å²) >= 11 is 0. The highest BCUT2D eigenvalue weighted by Crippen LogP contribution is 2.30. The van der Waals surface area contributed by atoms with Gasteiger partial charge in [-0.15, -0.1) is 0 Å². The summed E-state index contributed by atoms with van der Waals surface area (Å²) < 4.78 is 0. The molecule has 4 heteroatoms.